The molecule has 2 heterocycles. The maximum atomic E-state index is 13.4. The quantitative estimate of drug-likeness (QED) is 0.373. The van der Waals surface area contributed by atoms with Gasteiger partial charge in [0.1, 0.15) is 11.3 Å². The lowest BCUT2D eigenvalue weighted by Crippen LogP contribution is -2.44. The molecule has 2 aromatic carbocycles. The summed E-state index contributed by atoms with van der Waals surface area (Å²) in [4.78, 5) is 18.3. The molecule has 0 radical (unpaired) electrons. The Bertz CT molecular complexity index is 1150. The molecule has 1 N–H and O–H groups in total. The number of imidazole rings is 1. The number of anilines is 1. The fourth-order valence-corrected chi connectivity index (χ4v) is 3.75. The first-order valence-electron chi connectivity index (χ1n) is 10.1. The van der Waals surface area contributed by atoms with E-state index < -0.39 is 12.1 Å². The number of ether oxygens (including phenoxy) is 1. The molecule has 3 aromatic rings. The second-order valence-electron chi connectivity index (χ2n) is 7.76. The van der Waals surface area contributed by atoms with Crippen molar-refractivity contribution in [3.8, 4) is 5.75 Å². The number of benzene rings is 2. The first kappa shape index (κ1) is 22.1. The number of fused-ring (bicyclic) bond motifs is 1. The monoisotopic (exact) mass is 450 g/mol. The molecule has 10 heteroatoms. The molecular weight excluding hydrogens is 428 g/mol. The van der Waals surface area contributed by atoms with Crippen LogP contribution < -0.4 is 15.0 Å². The van der Waals surface area contributed by atoms with Crippen LogP contribution in [0.25, 0.3) is 11.0 Å². The van der Waals surface area contributed by atoms with Crippen LogP contribution in [-0.2, 0) is 11.3 Å². The van der Waals surface area contributed by atoms with Crippen LogP contribution in [0, 0.1) is 19.7 Å². The van der Waals surface area contributed by atoms with Crippen molar-refractivity contribution < 1.29 is 27.1 Å². The van der Waals surface area contributed by atoms with Gasteiger partial charge in [-0.25, -0.2) is 14.2 Å². The van der Waals surface area contributed by atoms with Gasteiger partial charge in [-0.3, -0.25) is 0 Å². The highest BCUT2D eigenvalue weighted by Crippen LogP contribution is 2.36. The van der Waals surface area contributed by atoms with E-state index in [0.29, 0.717) is 42.2 Å². The van der Waals surface area contributed by atoms with Gasteiger partial charge in [-0.2, -0.15) is 13.2 Å². The highest BCUT2D eigenvalue weighted by atomic mass is 19.4. The number of rotatable bonds is 4. The zero-order chi connectivity index (χ0) is 23.0. The number of halogens is 4. The average molecular weight is 450 g/mol. The second-order valence-corrected chi connectivity index (χ2v) is 7.76. The Kier molecular flexibility index (Phi) is 5.81. The summed E-state index contributed by atoms with van der Waals surface area (Å²) < 4.78 is 58.8. The van der Waals surface area contributed by atoms with Gasteiger partial charge < -0.3 is 19.5 Å². The number of esters is 1. The lowest BCUT2D eigenvalue weighted by atomic mass is 10.1. The van der Waals surface area contributed by atoms with E-state index in [1.807, 2.05) is 15.5 Å². The first-order valence-corrected chi connectivity index (χ1v) is 10.1. The van der Waals surface area contributed by atoms with Crippen molar-refractivity contribution in [3.63, 3.8) is 0 Å². The minimum absolute atomic E-state index is 0.182. The summed E-state index contributed by atoms with van der Waals surface area (Å²) in [5.41, 5.74) is 2.59. The number of piperazine rings is 1. The van der Waals surface area contributed by atoms with Gasteiger partial charge in [-0.05, 0) is 48.7 Å². The molecule has 1 aromatic heterocycles. The van der Waals surface area contributed by atoms with E-state index in [2.05, 4.69) is 10.3 Å². The smallest absolute Gasteiger partial charge is 0.417 e. The van der Waals surface area contributed by atoms with Crippen molar-refractivity contribution >= 4 is 23.0 Å². The third kappa shape index (κ3) is 4.27. The molecule has 0 atom stereocenters. The molecule has 0 aliphatic carbocycles. The maximum absolute atomic E-state index is 13.4. The molecule has 170 valence electrons. The van der Waals surface area contributed by atoms with Crippen LogP contribution in [0.1, 0.15) is 16.7 Å². The number of hydrogen-bond acceptors (Lipinski definition) is 5. The highest BCUT2D eigenvalue weighted by Gasteiger charge is 2.42. The fourth-order valence-electron chi connectivity index (χ4n) is 3.75. The molecule has 6 nitrogen and oxygen atoms in total. The second kappa shape index (κ2) is 8.42. The standard InChI is InChI=1S/C22H22F4N4O2/c1-13-11-17-18(19(14(13)2)32-20(31)22(24,25)26)28-21(29-9-7-27-8-10-29)30(17)12-15-3-5-16(23)6-4-15/h3-6,11,27H,7-10,12H2,1-2H3. The van der Waals surface area contributed by atoms with Crippen molar-refractivity contribution in [1.82, 2.24) is 14.9 Å². The summed E-state index contributed by atoms with van der Waals surface area (Å²) in [6.07, 6.45) is -5.12. The van der Waals surface area contributed by atoms with E-state index in [-0.39, 0.29) is 17.1 Å². The van der Waals surface area contributed by atoms with Crippen LogP contribution in [0.15, 0.2) is 30.3 Å². The van der Waals surface area contributed by atoms with Crippen LogP contribution in [-0.4, -0.2) is 47.9 Å². The molecule has 1 aliphatic heterocycles. The molecule has 0 unspecified atom stereocenters. The van der Waals surface area contributed by atoms with Crippen LogP contribution in [0.2, 0.25) is 0 Å². The van der Waals surface area contributed by atoms with Gasteiger partial charge in [0.15, 0.2) is 5.75 Å². The first-order chi connectivity index (χ1) is 15.1. The Morgan fingerprint density at radius 1 is 1.16 bits per heavy atom. The number of nitrogens with zero attached hydrogens (tertiary/aromatic N) is 3. The van der Waals surface area contributed by atoms with Crippen LogP contribution >= 0.6 is 0 Å². The van der Waals surface area contributed by atoms with Crippen LogP contribution in [0.4, 0.5) is 23.5 Å². The molecule has 1 fully saturated rings. The van der Waals surface area contributed by atoms with Gasteiger partial charge in [0, 0.05) is 26.2 Å². The molecule has 0 spiro atoms. The number of aromatic nitrogens is 2. The fraction of sp³-hybridized carbons (Fsp3) is 0.364. The molecule has 0 saturated carbocycles. The Balaban J connectivity index is 1.88. The van der Waals surface area contributed by atoms with Crippen molar-refractivity contribution in [2.24, 2.45) is 0 Å². The van der Waals surface area contributed by atoms with Gasteiger partial charge in [0.25, 0.3) is 0 Å². The van der Waals surface area contributed by atoms with E-state index in [0.717, 1.165) is 18.7 Å². The zero-order valence-corrected chi connectivity index (χ0v) is 17.6. The van der Waals surface area contributed by atoms with E-state index in [1.165, 1.54) is 12.1 Å². The topological polar surface area (TPSA) is 59.4 Å². The Morgan fingerprint density at radius 2 is 1.81 bits per heavy atom. The van der Waals surface area contributed by atoms with Crippen molar-refractivity contribution in [2.45, 2.75) is 26.6 Å². The van der Waals surface area contributed by atoms with Gasteiger partial charge in [0.2, 0.25) is 5.95 Å². The largest absolute Gasteiger partial charge is 0.491 e. The van der Waals surface area contributed by atoms with Gasteiger partial charge in [-0.1, -0.05) is 12.1 Å². The summed E-state index contributed by atoms with van der Waals surface area (Å²) in [6.45, 7) is 6.42. The molecule has 4 rings (SSSR count). The van der Waals surface area contributed by atoms with E-state index >= 15 is 0 Å². The number of carbonyl (C=O) groups is 1. The Labute approximate surface area is 181 Å². The number of hydrogen-bond donors (Lipinski definition) is 1. The minimum Gasteiger partial charge on any atom is -0.417 e. The lowest BCUT2D eigenvalue weighted by molar-refractivity contribution is -0.189. The lowest BCUT2D eigenvalue weighted by Gasteiger charge is -2.29. The highest BCUT2D eigenvalue weighted by molar-refractivity contribution is 5.91. The van der Waals surface area contributed by atoms with Gasteiger partial charge >= 0.3 is 12.1 Å². The normalized spacial score (nSPS) is 14.8. The molecule has 0 bridgehead atoms. The number of nitrogens with one attached hydrogen (secondary N) is 1. The summed E-state index contributed by atoms with van der Waals surface area (Å²) in [5.74, 6) is -2.29. The van der Waals surface area contributed by atoms with Crippen LogP contribution in [0.3, 0.4) is 0 Å². The Hall–Kier alpha value is -3.14. The Morgan fingerprint density at radius 3 is 2.44 bits per heavy atom. The van der Waals surface area contributed by atoms with Gasteiger partial charge in [0.05, 0.1) is 12.1 Å². The van der Waals surface area contributed by atoms with Crippen molar-refractivity contribution in [1.29, 1.82) is 0 Å². The minimum atomic E-state index is -5.12. The van der Waals surface area contributed by atoms with E-state index in [9.17, 15) is 22.4 Å². The molecule has 32 heavy (non-hydrogen) atoms. The summed E-state index contributed by atoms with van der Waals surface area (Å²) >= 11 is 0. The molecule has 1 saturated heterocycles. The van der Waals surface area contributed by atoms with Gasteiger partial charge in [-0.15, -0.1) is 0 Å². The number of carbonyl (C=O) groups excluding carboxylic acids is 1. The molecule has 0 amide bonds. The third-order valence-corrected chi connectivity index (χ3v) is 5.57. The van der Waals surface area contributed by atoms with Crippen molar-refractivity contribution in [3.05, 3.63) is 52.8 Å². The average Bonchev–Trinajstić information content (AvgIpc) is 3.10. The van der Waals surface area contributed by atoms with Crippen molar-refractivity contribution in [2.75, 3.05) is 31.1 Å². The van der Waals surface area contributed by atoms with Crippen LogP contribution in [0.5, 0.6) is 5.75 Å². The predicted octanol–water partition coefficient (Wildman–Crippen LogP) is 3.72. The maximum Gasteiger partial charge on any atom is 0.491 e. The molecule has 1 aliphatic rings. The SMILES string of the molecule is Cc1cc2c(nc(N3CCNCC3)n2Cc2ccc(F)cc2)c(OC(=O)C(F)(F)F)c1C. The summed E-state index contributed by atoms with van der Waals surface area (Å²) in [5, 5.41) is 3.25. The predicted molar refractivity (Wildman–Crippen MR) is 111 cm³/mol. The summed E-state index contributed by atoms with van der Waals surface area (Å²) in [6, 6.07) is 7.82. The molecular formula is C22H22F4N4O2. The van der Waals surface area contributed by atoms with E-state index in [4.69, 9.17) is 4.74 Å². The van der Waals surface area contributed by atoms with E-state index in [1.54, 1.807) is 26.0 Å². The summed E-state index contributed by atoms with van der Waals surface area (Å²) in [7, 11) is 0. The number of alkyl halides is 3. The number of aryl methyl sites for hydroxylation is 1. The zero-order valence-electron chi connectivity index (χ0n) is 17.6. The third-order valence-electron chi connectivity index (χ3n) is 5.57.